The van der Waals surface area contributed by atoms with Crippen molar-refractivity contribution in [3.8, 4) is 0 Å². The Kier molecular flexibility index (Phi) is 5.38. The van der Waals surface area contributed by atoms with Crippen molar-refractivity contribution < 1.29 is 17.6 Å². The largest absolute Gasteiger partial charge is 0.298 e. The number of benzene rings is 2. The maximum Gasteiger partial charge on any atom is 0.257 e. The van der Waals surface area contributed by atoms with E-state index in [0.29, 0.717) is 22.8 Å². The molecule has 0 unspecified atom stereocenters. The predicted molar refractivity (Wildman–Crippen MR) is 104 cm³/mol. The minimum absolute atomic E-state index is 0.0747. The number of thiazole rings is 1. The van der Waals surface area contributed by atoms with E-state index in [1.165, 1.54) is 41.7 Å². The molecule has 1 heterocycles. The molecule has 5 nitrogen and oxygen atoms in total. The fraction of sp³-hybridized carbons (Fsp3) is 0.158. The number of hydrogen-bond acceptors (Lipinski definition) is 5. The highest BCUT2D eigenvalue weighted by molar-refractivity contribution is 7.90. The summed E-state index contributed by atoms with van der Waals surface area (Å²) in [5.74, 6) is -0.736. The van der Waals surface area contributed by atoms with Crippen molar-refractivity contribution in [2.45, 2.75) is 18.2 Å². The van der Waals surface area contributed by atoms with Crippen LogP contribution in [0.25, 0.3) is 0 Å². The van der Waals surface area contributed by atoms with Gasteiger partial charge in [0.05, 0.1) is 10.6 Å². The number of carbonyl (C=O) groups excluding carboxylic acids is 1. The molecule has 0 aliphatic rings. The molecule has 0 aliphatic carbocycles. The Labute approximate surface area is 160 Å². The van der Waals surface area contributed by atoms with Crippen molar-refractivity contribution in [2.75, 3.05) is 11.6 Å². The molecule has 3 aromatic rings. The zero-order valence-corrected chi connectivity index (χ0v) is 16.3. The van der Waals surface area contributed by atoms with Crippen molar-refractivity contribution in [2.24, 2.45) is 0 Å². The average Bonchev–Trinajstić information content (AvgIpc) is 2.95. The molecule has 1 aromatic heterocycles. The molecular formula is C19H17FN2O3S2. The number of rotatable bonds is 5. The molecule has 3 rings (SSSR count). The normalized spacial score (nSPS) is 11.4. The van der Waals surface area contributed by atoms with Gasteiger partial charge in [-0.1, -0.05) is 24.3 Å². The first kappa shape index (κ1) is 19.2. The number of carbonyl (C=O) groups is 1. The summed E-state index contributed by atoms with van der Waals surface area (Å²) in [5.41, 5.74) is 1.49. The van der Waals surface area contributed by atoms with Gasteiger partial charge in [0.15, 0.2) is 15.0 Å². The first-order chi connectivity index (χ1) is 12.7. The molecule has 1 N–H and O–H groups in total. The number of amides is 1. The Morgan fingerprint density at radius 2 is 1.93 bits per heavy atom. The lowest BCUT2D eigenvalue weighted by molar-refractivity contribution is 0.102. The highest BCUT2D eigenvalue weighted by Gasteiger charge is 2.15. The summed E-state index contributed by atoms with van der Waals surface area (Å²) >= 11 is 1.27. The van der Waals surface area contributed by atoms with Crippen LogP contribution in [0.3, 0.4) is 0 Å². The summed E-state index contributed by atoms with van der Waals surface area (Å²) in [6, 6.07) is 12.3. The van der Waals surface area contributed by atoms with Gasteiger partial charge in [-0.25, -0.2) is 17.8 Å². The van der Waals surface area contributed by atoms with E-state index in [2.05, 4.69) is 10.3 Å². The fourth-order valence-electron chi connectivity index (χ4n) is 2.50. The molecule has 0 radical (unpaired) electrons. The summed E-state index contributed by atoms with van der Waals surface area (Å²) < 4.78 is 37.1. The molecule has 0 bridgehead atoms. The van der Waals surface area contributed by atoms with E-state index < -0.39 is 15.7 Å². The van der Waals surface area contributed by atoms with Gasteiger partial charge >= 0.3 is 0 Å². The van der Waals surface area contributed by atoms with Crippen LogP contribution >= 0.6 is 11.3 Å². The van der Waals surface area contributed by atoms with Crippen LogP contribution in [0.4, 0.5) is 9.52 Å². The van der Waals surface area contributed by atoms with Crippen LogP contribution in [0.5, 0.6) is 0 Å². The second-order valence-corrected chi connectivity index (χ2v) is 9.15. The molecule has 140 valence electrons. The van der Waals surface area contributed by atoms with Gasteiger partial charge < -0.3 is 0 Å². The topological polar surface area (TPSA) is 76.1 Å². The van der Waals surface area contributed by atoms with Crippen LogP contribution in [-0.4, -0.2) is 25.6 Å². The lowest BCUT2D eigenvalue weighted by Crippen LogP contribution is -2.12. The van der Waals surface area contributed by atoms with Crippen LogP contribution in [0.2, 0.25) is 0 Å². The van der Waals surface area contributed by atoms with E-state index in [0.717, 1.165) is 11.1 Å². The molecule has 2 aromatic carbocycles. The number of hydrogen-bond donors (Lipinski definition) is 1. The van der Waals surface area contributed by atoms with Crippen LogP contribution in [0.1, 0.15) is 26.5 Å². The summed E-state index contributed by atoms with van der Waals surface area (Å²) in [6.45, 7) is 1.80. The fourth-order valence-corrected chi connectivity index (χ4v) is 4.15. The van der Waals surface area contributed by atoms with E-state index in [1.807, 2.05) is 0 Å². The molecule has 0 aliphatic heterocycles. The first-order valence-corrected chi connectivity index (χ1v) is 10.8. The number of sulfone groups is 1. The van der Waals surface area contributed by atoms with Gasteiger partial charge in [0, 0.05) is 23.1 Å². The molecule has 0 saturated carbocycles. The van der Waals surface area contributed by atoms with Crippen LogP contribution in [0, 0.1) is 12.7 Å². The number of nitrogens with one attached hydrogen (secondary N) is 1. The molecule has 0 atom stereocenters. The summed E-state index contributed by atoms with van der Waals surface area (Å²) in [5, 5.41) is 3.06. The van der Waals surface area contributed by atoms with Crippen LogP contribution in [0.15, 0.2) is 53.4 Å². The second kappa shape index (κ2) is 7.58. The van der Waals surface area contributed by atoms with Gasteiger partial charge in [0.2, 0.25) is 0 Å². The molecular weight excluding hydrogens is 387 g/mol. The lowest BCUT2D eigenvalue weighted by Gasteiger charge is -2.04. The van der Waals surface area contributed by atoms with Gasteiger partial charge in [0.25, 0.3) is 5.91 Å². The maximum absolute atomic E-state index is 13.8. The Morgan fingerprint density at radius 3 is 2.63 bits per heavy atom. The Balaban J connectivity index is 1.79. The number of anilines is 1. The smallest absolute Gasteiger partial charge is 0.257 e. The standard InChI is InChI=1S/C19H17FN2O3S2/c1-12-17(11-13-6-3-4-9-16(13)20)26-19(21-12)22-18(23)14-7-5-8-15(10-14)27(2,24)25/h3-10H,11H2,1-2H3,(H,21,22,23). The third-order valence-corrected chi connectivity index (χ3v) is 6.13. The molecule has 0 fully saturated rings. The average molecular weight is 404 g/mol. The third-order valence-electron chi connectivity index (χ3n) is 3.95. The SMILES string of the molecule is Cc1nc(NC(=O)c2cccc(S(C)(=O)=O)c2)sc1Cc1ccccc1F. The Morgan fingerprint density at radius 1 is 1.19 bits per heavy atom. The minimum atomic E-state index is -3.40. The summed E-state index contributed by atoms with van der Waals surface area (Å²) in [6.07, 6.45) is 1.47. The van der Waals surface area contributed by atoms with Crippen LogP contribution < -0.4 is 5.32 Å². The monoisotopic (exact) mass is 404 g/mol. The molecule has 27 heavy (non-hydrogen) atoms. The number of aryl methyl sites for hydroxylation is 1. The van der Waals surface area contributed by atoms with Crippen molar-refractivity contribution in [3.63, 3.8) is 0 Å². The predicted octanol–water partition coefficient (Wildman–Crippen LogP) is 3.84. The van der Waals surface area contributed by atoms with E-state index in [1.54, 1.807) is 25.1 Å². The van der Waals surface area contributed by atoms with Crippen LogP contribution in [-0.2, 0) is 16.3 Å². The number of aromatic nitrogens is 1. The molecule has 8 heteroatoms. The van der Waals surface area contributed by atoms with Crippen molar-refractivity contribution in [3.05, 3.63) is 76.0 Å². The zero-order chi connectivity index (χ0) is 19.6. The zero-order valence-electron chi connectivity index (χ0n) is 14.7. The minimum Gasteiger partial charge on any atom is -0.298 e. The second-order valence-electron chi connectivity index (χ2n) is 6.05. The van der Waals surface area contributed by atoms with Gasteiger partial charge in [-0.05, 0) is 36.8 Å². The Bertz CT molecular complexity index is 1110. The van der Waals surface area contributed by atoms with Crippen molar-refractivity contribution >= 4 is 32.2 Å². The third kappa shape index (κ3) is 4.58. The van der Waals surface area contributed by atoms with Gasteiger partial charge in [-0.2, -0.15) is 0 Å². The summed E-state index contributed by atoms with van der Waals surface area (Å²) in [7, 11) is -3.40. The summed E-state index contributed by atoms with van der Waals surface area (Å²) in [4.78, 5) is 17.7. The first-order valence-electron chi connectivity index (χ1n) is 8.05. The highest BCUT2D eigenvalue weighted by atomic mass is 32.2. The molecule has 1 amide bonds. The number of halogens is 1. The van der Waals surface area contributed by atoms with Gasteiger partial charge in [0.1, 0.15) is 5.82 Å². The van der Waals surface area contributed by atoms with Crippen molar-refractivity contribution in [1.82, 2.24) is 4.98 Å². The van der Waals surface area contributed by atoms with E-state index >= 15 is 0 Å². The number of nitrogens with zero attached hydrogens (tertiary/aromatic N) is 1. The maximum atomic E-state index is 13.8. The van der Waals surface area contributed by atoms with E-state index in [9.17, 15) is 17.6 Å². The van der Waals surface area contributed by atoms with E-state index in [4.69, 9.17) is 0 Å². The highest BCUT2D eigenvalue weighted by Crippen LogP contribution is 2.26. The molecule has 0 spiro atoms. The van der Waals surface area contributed by atoms with E-state index in [-0.39, 0.29) is 16.3 Å². The van der Waals surface area contributed by atoms with Crippen molar-refractivity contribution in [1.29, 1.82) is 0 Å². The lowest BCUT2D eigenvalue weighted by atomic mass is 10.1. The van der Waals surface area contributed by atoms with Gasteiger partial charge in [-0.3, -0.25) is 10.1 Å². The quantitative estimate of drug-likeness (QED) is 0.701. The van der Waals surface area contributed by atoms with Gasteiger partial charge in [-0.15, -0.1) is 11.3 Å². The Hall–Kier alpha value is -2.58. The molecule has 0 saturated heterocycles.